The largest absolute Gasteiger partial charge is 0.444 e. The maximum Gasteiger partial charge on any atom is 0.408 e. The van der Waals surface area contributed by atoms with E-state index in [9.17, 15) is 14.4 Å². The number of rotatable bonds is 12. The molecule has 1 atom stereocenters. The molecule has 0 saturated carbocycles. The fraction of sp³-hybridized carbons (Fsp3) is 0.343. The zero-order valence-corrected chi connectivity index (χ0v) is 25.3. The molecule has 3 rings (SSSR count). The summed E-state index contributed by atoms with van der Waals surface area (Å²) in [5.74, 6) is -0.897. The molecule has 0 unspecified atom stereocenters. The van der Waals surface area contributed by atoms with E-state index in [1.807, 2.05) is 105 Å². The number of benzene rings is 3. The quantitative estimate of drug-likeness (QED) is 0.182. The van der Waals surface area contributed by atoms with Gasteiger partial charge in [-0.05, 0) is 49.3 Å². The summed E-state index contributed by atoms with van der Waals surface area (Å²) in [6.07, 6.45) is 1.40. The highest BCUT2D eigenvalue weighted by molar-refractivity contribution is 5.91. The average Bonchev–Trinajstić information content (AvgIpc) is 2.95. The van der Waals surface area contributed by atoms with E-state index in [2.05, 4.69) is 22.5 Å². The van der Waals surface area contributed by atoms with Crippen molar-refractivity contribution in [2.45, 2.75) is 64.6 Å². The van der Waals surface area contributed by atoms with Gasteiger partial charge in [0.05, 0.1) is 6.42 Å². The van der Waals surface area contributed by atoms with Gasteiger partial charge < -0.3 is 20.7 Å². The van der Waals surface area contributed by atoms with Crippen molar-refractivity contribution in [3.8, 4) is 0 Å². The van der Waals surface area contributed by atoms with Gasteiger partial charge in [-0.15, -0.1) is 6.58 Å². The van der Waals surface area contributed by atoms with Crippen LogP contribution in [0.5, 0.6) is 0 Å². The van der Waals surface area contributed by atoms with Crippen LogP contribution in [-0.4, -0.2) is 36.1 Å². The third-order valence-corrected chi connectivity index (χ3v) is 6.78. The molecular formula is C35H43N3O4. The third-order valence-electron chi connectivity index (χ3n) is 6.78. The van der Waals surface area contributed by atoms with Gasteiger partial charge in [0.2, 0.25) is 11.8 Å². The van der Waals surface area contributed by atoms with Crippen molar-refractivity contribution >= 4 is 17.9 Å². The molecule has 0 aromatic heterocycles. The van der Waals surface area contributed by atoms with Crippen LogP contribution in [0.1, 0.15) is 64.2 Å². The molecule has 0 saturated heterocycles. The molecule has 3 aromatic carbocycles. The van der Waals surface area contributed by atoms with Gasteiger partial charge in [0.15, 0.2) is 0 Å². The van der Waals surface area contributed by atoms with Crippen LogP contribution in [0.4, 0.5) is 4.79 Å². The Kier molecular flexibility index (Phi) is 10.7. The molecule has 7 nitrogen and oxygen atoms in total. The Hall–Kier alpha value is -4.39. The second kappa shape index (κ2) is 14.0. The molecule has 3 amide bonds. The molecule has 0 bridgehead atoms. The first-order valence-electron chi connectivity index (χ1n) is 14.2. The van der Waals surface area contributed by atoms with Crippen LogP contribution in [-0.2, 0) is 19.9 Å². The Balaban J connectivity index is 1.99. The van der Waals surface area contributed by atoms with Gasteiger partial charge in [-0.1, -0.05) is 111 Å². The Morgan fingerprint density at radius 3 is 1.64 bits per heavy atom. The minimum atomic E-state index is -1.17. The summed E-state index contributed by atoms with van der Waals surface area (Å²) in [5.41, 5.74) is 0.468. The lowest BCUT2D eigenvalue weighted by Gasteiger charge is -2.37. The van der Waals surface area contributed by atoms with Gasteiger partial charge in [-0.2, -0.15) is 0 Å². The molecule has 0 radical (unpaired) electrons. The molecular weight excluding hydrogens is 526 g/mol. The zero-order valence-electron chi connectivity index (χ0n) is 25.3. The standard InChI is InChI=1S/C35H43N3O4/c1-7-23-34(5,6)25-36-31(40)29(37-32(41)42-33(2,3)4)24-30(39)38-35(26-17-11-8-12-18-26,27-19-13-9-14-20-27)28-21-15-10-16-22-28/h7-22,29H,1,23-25H2,2-6H3,(H,36,40)(H,37,41)(H,38,39)/t29-/m0/s1. The van der Waals surface area contributed by atoms with Gasteiger partial charge in [0.1, 0.15) is 17.2 Å². The molecule has 42 heavy (non-hydrogen) atoms. The van der Waals surface area contributed by atoms with E-state index in [-0.39, 0.29) is 11.8 Å². The van der Waals surface area contributed by atoms with E-state index in [0.717, 1.165) is 16.7 Å². The van der Waals surface area contributed by atoms with Crippen molar-refractivity contribution < 1.29 is 19.1 Å². The molecule has 3 aromatic rings. The highest BCUT2D eigenvalue weighted by Gasteiger charge is 2.39. The SMILES string of the molecule is C=CCC(C)(C)CNC(=O)[C@H](CC(=O)NC(c1ccccc1)(c1ccccc1)c1ccccc1)NC(=O)OC(C)(C)C. The smallest absolute Gasteiger partial charge is 0.408 e. The topological polar surface area (TPSA) is 96.5 Å². The van der Waals surface area contributed by atoms with Crippen LogP contribution >= 0.6 is 0 Å². The molecule has 0 aliphatic carbocycles. The zero-order chi connectivity index (χ0) is 30.8. The molecule has 0 fully saturated rings. The number of alkyl carbamates (subject to hydrolysis) is 1. The first-order valence-corrected chi connectivity index (χ1v) is 14.2. The number of carbonyl (C=O) groups excluding carboxylic acids is 3. The van der Waals surface area contributed by atoms with Gasteiger partial charge in [-0.25, -0.2) is 4.79 Å². The second-order valence-electron chi connectivity index (χ2n) is 12.2. The Bertz CT molecular complexity index is 1240. The summed E-state index contributed by atoms with van der Waals surface area (Å²) >= 11 is 0. The first-order chi connectivity index (χ1) is 19.9. The second-order valence-corrected chi connectivity index (χ2v) is 12.2. The molecule has 0 aliphatic rings. The van der Waals surface area contributed by atoms with Crippen LogP contribution in [0.2, 0.25) is 0 Å². The normalized spacial score (nSPS) is 12.5. The summed E-state index contributed by atoms with van der Waals surface area (Å²) in [4.78, 5) is 40.1. The van der Waals surface area contributed by atoms with Gasteiger partial charge in [0, 0.05) is 6.54 Å². The lowest BCUT2D eigenvalue weighted by atomic mass is 9.77. The van der Waals surface area contributed by atoms with Crippen molar-refractivity contribution in [3.05, 3.63) is 120 Å². The summed E-state index contributed by atoms with van der Waals surface area (Å²) < 4.78 is 5.42. The Morgan fingerprint density at radius 2 is 1.24 bits per heavy atom. The minimum absolute atomic E-state index is 0.251. The Morgan fingerprint density at radius 1 is 0.786 bits per heavy atom. The van der Waals surface area contributed by atoms with Crippen molar-refractivity contribution in [2.24, 2.45) is 5.41 Å². The highest BCUT2D eigenvalue weighted by Crippen LogP contribution is 2.37. The van der Waals surface area contributed by atoms with Gasteiger partial charge in [-0.3, -0.25) is 9.59 Å². The van der Waals surface area contributed by atoms with E-state index in [1.165, 1.54) is 0 Å². The van der Waals surface area contributed by atoms with Crippen molar-refractivity contribution in [1.29, 1.82) is 0 Å². The predicted molar refractivity (Wildman–Crippen MR) is 167 cm³/mol. The van der Waals surface area contributed by atoms with E-state index < -0.39 is 35.1 Å². The van der Waals surface area contributed by atoms with Crippen LogP contribution in [0.15, 0.2) is 104 Å². The first kappa shape index (κ1) is 32.1. The fourth-order valence-electron chi connectivity index (χ4n) is 4.80. The molecule has 7 heteroatoms. The maximum atomic E-state index is 14.0. The fourth-order valence-corrected chi connectivity index (χ4v) is 4.80. The van der Waals surface area contributed by atoms with E-state index in [1.54, 1.807) is 26.8 Å². The number of allylic oxidation sites excluding steroid dienone is 1. The third kappa shape index (κ3) is 8.80. The number of hydrogen-bond donors (Lipinski definition) is 3. The van der Waals surface area contributed by atoms with E-state index in [0.29, 0.717) is 13.0 Å². The van der Waals surface area contributed by atoms with Crippen LogP contribution < -0.4 is 16.0 Å². The average molecular weight is 570 g/mol. The van der Waals surface area contributed by atoms with Crippen molar-refractivity contribution in [2.75, 3.05) is 6.54 Å². The van der Waals surface area contributed by atoms with E-state index in [4.69, 9.17) is 4.74 Å². The summed E-state index contributed by atoms with van der Waals surface area (Å²) in [7, 11) is 0. The van der Waals surface area contributed by atoms with Crippen LogP contribution in [0.25, 0.3) is 0 Å². The maximum absolute atomic E-state index is 14.0. The van der Waals surface area contributed by atoms with Crippen LogP contribution in [0.3, 0.4) is 0 Å². The lowest BCUT2D eigenvalue weighted by molar-refractivity contribution is -0.129. The number of amides is 3. The van der Waals surface area contributed by atoms with Crippen molar-refractivity contribution in [3.63, 3.8) is 0 Å². The molecule has 3 N–H and O–H groups in total. The summed E-state index contributed by atoms with van der Waals surface area (Å²) in [5, 5.41) is 8.78. The minimum Gasteiger partial charge on any atom is -0.444 e. The predicted octanol–water partition coefficient (Wildman–Crippen LogP) is 6.10. The molecule has 0 aliphatic heterocycles. The van der Waals surface area contributed by atoms with Gasteiger partial charge >= 0.3 is 6.09 Å². The molecule has 0 heterocycles. The lowest BCUT2D eigenvalue weighted by Crippen LogP contribution is -2.54. The summed E-state index contributed by atoms with van der Waals surface area (Å²) in [6.45, 7) is 13.4. The Labute approximate surface area is 249 Å². The van der Waals surface area contributed by atoms with Crippen LogP contribution in [0, 0.1) is 5.41 Å². The molecule has 222 valence electrons. The number of ether oxygens (including phenoxy) is 1. The van der Waals surface area contributed by atoms with E-state index >= 15 is 0 Å². The highest BCUT2D eigenvalue weighted by atomic mass is 16.6. The number of nitrogens with one attached hydrogen (secondary N) is 3. The van der Waals surface area contributed by atoms with Gasteiger partial charge in [0.25, 0.3) is 0 Å². The summed E-state index contributed by atoms with van der Waals surface area (Å²) in [6, 6.07) is 27.9. The number of hydrogen-bond acceptors (Lipinski definition) is 4. The van der Waals surface area contributed by atoms with Crippen molar-refractivity contribution in [1.82, 2.24) is 16.0 Å². The molecule has 0 spiro atoms. The monoisotopic (exact) mass is 569 g/mol. The number of carbonyl (C=O) groups is 3.